The fourth-order valence-corrected chi connectivity index (χ4v) is 1.65. The van der Waals surface area contributed by atoms with Gasteiger partial charge in [0.15, 0.2) is 0 Å². The van der Waals surface area contributed by atoms with Gasteiger partial charge in [-0.25, -0.2) is 0 Å². The van der Waals surface area contributed by atoms with E-state index in [1.807, 2.05) is 0 Å². The van der Waals surface area contributed by atoms with E-state index in [1.165, 1.54) is 0 Å². The standard InChI is InChI=1S/C7H11NO2/c9-7-4-6-5(8-7)2-1-3-10-6/h5-6H,1-4H2,(H,8,9). The van der Waals surface area contributed by atoms with Crippen molar-refractivity contribution in [3.05, 3.63) is 0 Å². The molecule has 2 heterocycles. The molecule has 0 aromatic rings. The van der Waals surface area contributed by atoms with Crippen LogP contribution in [0.1, 0.15) is 19.3 Å². The summed E-state index contributed by atoms with van der Waals surface area (Å²) in [7, 11) is 0. The summed E-state index contributed by atoms with van der Waals surface area (Å²) in [5.41, 5.74) is 0. The van der Waals surface area contributed by atoms with Crippen molar-refractivity contribution in [3.63, 3.8) is 0 Å². The van der Waals surface area contributed by atoms with Gasteiger partial charge in [0.05, 0.1) is 18.6 Å². The molecule has 3 heteroatoms. The Morgan fingerprint density at radius 1 is 1.60 bits per heavy atom. The molecule has 0 aromatic carbocycles. The highest BCUT2D eigenvalue weighted by Gasteiger charge is 2.34. The number of ether oxygens (including phenoxy) is 1. The topological polar surface area (TPSA) is 38.3 Å². The largest absolute Gasteiger partial charge is 0.376 e. The maximum atomic E-state index is 10.8. The Balaban J connectivity index is 2.04. The molecule has 0 radical (unpaired) electrons. The minimum Gasteiger partial charge on any atom is -0.376 e. The summed E-state index contributed by atoms with van der Waals surface area (Å²) in [5.74, 6) is 0.150. The predicted octanol–water partition coefficient (Wildman–Crippen LogP) is 0.0539. The van der Waals surface area contributed by atoms with Gasteiger partial charge in [-0.05, 0) is 12.8 Å². The Labute approximate surface area is 59.7 Å². The lowest BCUT2D eigenvalue weighted by molar-refractivity contribution is -0.119. The molecule has 0 aliphatic carbocycles. The second kappa shape index (κ2) is 2.23. The van der Waals surface area contributed by atoms with Gasteiger partial charge in [0.1, 0.15) is 0 Å². The molecule has 56 valence electrons. The van der Waals surface area contributed by atoms with Gasteiger partial charge in [-0.15, -0.1) is 0 Å². The first-order valence-corrected chi connectivity index (χ1v) is 3.77. The van der Waals surface area contributed by atoms with Gasteiger partial charge in [0.2, 0.25) is 5.91 Å². The molecule has 0 spiro atoms. The van der Waals surface area contributed by atoms with Crippen molar-refractivity contribution in [1.29, 1.82) is 0 Å². The number of nitrogens with one attached hydrogen (secondary N) is 1. The number of carbonyl (C=O) groups excluding carboxylic acids is 1. The first kappa shape index (κ1) is 6.16. The molecule has 1 N–H and O–H groups in total. The summed E-state index contributed by atoms with van der Waals surface area (Å²) in [5, 5.41) is 2.89. The van der Waals surface area contributed by atoms with Gasteiger partial charge in [0.25, 0.3) is 0 Å². The van der Waals surface area contributed by atoms with E-state index in [0.29, 0.717) is 12.5 Å². The smallest absolute Gasteiger partial charge is 0.222 e. The average Bonchev–Trinajstić information content (AvgIpc) is 2.27. The third-order valence-electron chi connectivity index (χ3n) is 2.17. The molecule has 0 saturated carbocycles. The second-order valence-corrected chi connectivity index (χ2v) is 2.93. The molecule has 2 unspecified atom stereocenters. The lowest BCUT2D eigenvalue weighted by Crippen LogP contribution is -2.36. The highest BCUT2D eigenvalue weighted by Crippen LogP contribution is 2.21. The molecule has 2 fully saturated rings. The first-order valence-electron chi connectivity index (χ1n) is 3.77. The summed E-state index contributed by atoms with van der Waals surface area (Å²) in [6.45, 7) is 0.829. The molecular weight excluding hydrogens is 130 g/mol. The van der Waals surface area contributed by atoms with E-state index < -0.39 is 0 Å². The van der Waals surface area contributed by atoms with Crippen molar-refractivity contribution in [1.82, 2.24) is 5.32 Å². The molecule has 2 aliphatic rings. The van der Waals surface area contributed by atoms with Crippen molar-refractivity contribution < 1.29 is 9.53 Å². The monoisotopic (exact) mass is 141 g/mol. The van der Waals surface area contributed by atoms with E-state index in [1.54, 1.807) is 0 Å². The van der Waals surface area contributed by atoms with Crippen LogP contribution in [0.2, 0.25) is 0 Å². The van der Waals surface area contributed by atoms with Crippen LogP contribution in [-0.4, -0.2) is 24.7 Å². The number of rotatable bonds is 0. The summed E-state index contributed by atoms with van der Waals surface area (Å²) in [6, 6.07) is 0.321. The average molecular weight is 141 g/mol. The molecule has 2 aliphatic heterocycles. The van der Waals surface area contributed by atoms with E-state index >= 15 is 0 Å². The first-order chi connectivity index (χ1) is 4.86. The summed E-state index contributed by atoms with van der Waals surface area (Å²) in [4.78, 5) is 10.8. The number of amides is 1. The van der Waals surface area contributed by atoms with Crippen LogP contribution >= 0.6 is 0 Å². The number of hydrogen-bond acceptors (Lipinski definition) is 2. The molecule has 0 bridgehead atoms. The Kier molecular flexibility index (Phi) is 1.38. The van der Waals surface area contributed by atoms with Crippen LogP contribution < -0.4 is 5.32 Å². The summed E-state index contributed by atoms with van der Waals surface area (Å²) < 4.78 is 5.39. The zero-order chi connectivity index (χ0) is 6.97. The third-order valence-corrected chi connectivity index (χ3v) is 2.17. The highest BCUT2D eigenvalue weighted by atomic mass is 16.5. The van der Waals surface area contributed by atoms with Crippen molar-refractivity contribution >= 4 is 5.91 Å². The van der Waals surface area contributed by atoms with Crippen molar-refractivity contribution in [2.75, 3.05) is 6.61 Å². The van der Waals surface area contributed by atoms with Crippen molar-refractivity contribution in [2.45, 2.75) is 31.4 Å². The minimum absolute atomic E-state index is 0.150. The van der Waals surface area contributed by atoms with Crippen molar-refractivity contribution in [2.24, 2.45) is 0 Å². The van der Waals surface area contributed by atoms with Gasteiger partial charge in [-0.1, -0.05) is 0 Å². The molecule has 0 aromatic heterocycles. The van der Waals surface area contributed by atoms with E-state index in [2.05, 4.69) is 5.32 Å². The van der Waals surface area contributed by atoms with Gasteiger partial charge in [-0.3, -0.25) is 4.79 Å². The fourth-order valence-electron chi connectivity index (χ4n) is 1.65. The Morgan fingerprint density at radius 3 is 3.30 bits per heavy atom. The lowest BCUT2D eigenvalue weighted by atomic mass is 10.0. The van der Waals surface area contributed by atoms with Crippen LogP contribution in [0.4, 0.5) is 0 Å². The molecule has 2 rings (SSSR count). The van der Waals surface area contributed by atoms with Crippen LogP contribution in [0.5, 0.6) is 0 Å². The number of hydrogen-bond donors (Lipinski definition) is 1. The van der Waals surface area contributed by atoms with Crippen LogP contribution in [0.25, 0.3) is 0 Å². The lowest BCUT2D eigenvalue weighted by Gasteiger charge is -2.24. The zero-order valence-electron chi connectivity index (χ0n) is 5.80. The van der Waals surface area contributed by atoms with Crippen LogP contribution in [0.15, 0.2) is 0 Å². The van der Waals surface area contributed by atoms with Gasteiger partial charge in [0, 0.05) is 6.61 Å². The third kappa shape index (κ3) is 0.904. The molecule has 1 amide bonds. The number of carbonyl (C=O) groups is 1. The maximum Gasteiger partial charge on any atom is 0.222 e. The van der Waals surface area contributed by atoms with E-state index in [9.17, 15) is 4.79 Å². The van der Waals surface area contributed by atoms with Crippen LogP contribution in [0.3, 0.4) is 0 Å². The van der Waals surface area contributed by atoms with E-state index in [-0.39, 0.29) is 12.0 Å². The molecular formula is C7H11NO2. The molecule has 3 nitrogen and oxygen atoms in total. The SMILES string of the molecule is O=C1CC2OCCCC2N1. The van der Waals surface area contributed by atoms with Gasteiger partial charge >= 0.3 is 0 Å². The Morgan fingerprint density at radius 2 is 2.50 bits per heavy atom. The van der Waals surface area contributed by atoms with E-state index in [0.717, 1.165) is 19.4 Å². The van der Waals surface area contributed by atoms with E-state index in [4.69, 9.17) is 4.74 Å². The fraction of sp³-hybridized carbons (Fsp3) is 0.857. The minimum atomic E-state index is 0.150. The zero-order valence-corrected chi connectivity index (χ0v) is 5.80. The van der Waals surface area contributed by atoms with Crippen LogP contribution in [-0.2, 0) is 9.53 Å². The van der Waals surface area contributed by atoms with Gasteiger partial charge < -0.3 is 10.1 Å². The summed E-state index contributed by atoms with van der Waals surface area (Å²) in [6.07, 6.45) is 2.93. The Hall–Kier alpha value is -0.570. The molecule has 10 heavy (non-hydrogen) atoms. The molecule has 2 saturated heterocycles. The molecule has 2 atom stereocenters. The second-order valence-electron chi connectivity index (χ2n) is 2.93. The van der Waals surface area contributed by atoms with Gasteiger partial charge in [-0.2, -0.15) is 0 Å². The highest BCUT2D eigenvalue weighted by molar-refractivity contribution is 5.79. The quantitative estimate of drug-likeness (QED) is 0.517. The van der Waals surface area contributed by atoms with Crippen LogP contribution in [0, 0.1) is 0 Å². The van der Waals surface area contributed by atoms with Crippen molar-refractivity contribution in [3.8, 4) is 0 Å². The maximum absolute atomic E-state index is 10.8. The predicted molar refractivity (Wildman–Crippen MR) is 35.5 cm³/mol. The normalized spacial score (nSPS) is 39.0. The summed E-state index contributed by atoms with van der Waals surface area (Å²) >= 11 is 0. The number of fused-ring (bicyclic) bond motifs is 1. The Bertz CT molecular complexity index is 142.